The fourth-order valence-electron chi connectivity index (χ4n) is 0.597. The van der Waals surface area contributed by atoms with Gasteiger partial charge < -0.3 is 11.1 Å². The van der Waals surface area contributed by atoms with Gasteiger partial charge in [-0.15, -0.1) is 10.2 Å². The standard InChI is InChI=1S/C6H8N4O/c1-8-5-3-2-4(6(7)11)9-10-5/h2-3H,1H3,(H2,7,11)(H,8,10). The smallest absolute Gasteiger partial charge is 0.269 e. The topological polar surface area (TPSA) is 80.9 Å². The number of rotatable bonds is 2. The molecule has 1 aromatic rings. The van der Waals surface area contributed by atoms with E-state index in [4.69, 9.17) is 5.73 Å². The summed E-state index contributed by atoms with van der Waals surface area (Å²) in [6.45, 7) is 0. The summed E-state index contributed by atoms with van der Waals surface area (Å²) in [6, 6.07) is 3.15. The quantitative estimate of drug-likeness (QED) is 0.605. The molecule has 0 radical (unpaired) electrons. The molecule has 5 heteroatoms. The van der Waals surface area contributed by atoms with Crippen molar-refractivity contribution < 1.29 is 4.79 Å². The number of aromatic nitrogens is 2. The highest BCUT2D eigenvalue weighted by atomic mass is 16.1. The Morgan fingerprint density at radius 1 is 1.55 bits per heavy atom. The van der Waals surface area contributed by atoms with E-state index in [0.717, 1.165) is 0 Å². The van der Waals surface area contributed by atoms with Crippen LogP contribution in [0.2, 0.25) is 0 Å². The Morgan fingerprint density at radius 2 is 2.27 bits per heavy atom. The van der Waals surface area contributed by atoms with Crippen molar-refractivity contribution in [2.45, 2.75) is 0 Å². The zero-order valence-corrected chi connectivity index (χ0v) is 6.03. The van der Waals surface area contributed by atoms with E-state index < -0.39 is 5.91 Å². The van der Waals surface area contributed by atoms with Crippen LogP contribution in [0.25, 0.3) is 0 Å². The minimum Gasteiger partial charge on any atom is -0.372 e. The molecule has 58 valence electrons. The molecule has 0 aliphatic carbocycles. The molecule has 11 heavy (non-hydrogen) atoms. The molecule has 0 atom stereocenters. The fourth-order valence-corrected chi connectivity index (χ4v) is 0.597. The summed E-state index contributed by atoms with van der Waals surface area (Å²) in [6.07, 6.45) is 0. The van der Waals surface area contributed by atoms with Gasteiger partial charge in [0.1, 0.15) is 5.82 Å². The van der Waals surface area contributed by atoms with Gasteiger partial charge in [-0.1, -0.05) is 0 Å². The zero-order chi connectivity index (χ0) is 8.27. The van der Waals surface area contributed by atoms with Crippen LogP contribution in [0.15, 0.2) is 12.1 Å². The van der Waals surface area contributed by atoms with Crippen LogP contribution in [0.4, 0.5) is 5.82 Å². The van der Waals surface area contributed by atoms with Crippen LogP contribution in [-0.4, -0.2) is 23.2 Å². The maximum absolute atomic E-state index is 10.5. The lowest BCUT2D eigenvalue weighted by Gasteiger charge is -1.96. The van der Waals surface area contributed by atoms with Crippen LogP contribution in [0, 0.1) is 0 Å². The van der Waals surface area contributed by atoms with Crippen LogP contribution >= 0.6 is 0 Å². The molecule has 0 aliphatic rings. The number of amides is 1. The summed E-state index contributed by atoms with van der Waals surface area (Å²) in [5.41, 5.74) is 5.11. The first-order valence-corrected chi connectivity index (χ1v) is 3.05. The van der Waals surface area contributed by atoms with Gasteiger partial charge in [0.2, 0.25) is 0 Å². The average Bonchev–Trinajstić information content (AvgIpc) is 2.05. The van der Waals surface area contributed by atoms with Crippen molar-refractivity contribution in [1.82, 2.24) is 10.2 Å². The zero-order valence-electron chi connectivity index (χ0n) is 6.03. The SMILES string of the molecule is CNc1ccc(C(N)=O)nn1. The molecule has 0 spiro atoms. The highest BCUT2D eigenvalue weighted by Crippen LogP contribution is 1.98. The number of nitrogens with two attached hydrogens (primary N) is 1. The van der Waals surface area contributed by atoms with Gasteiger partial charge >= 0.3 is 0 Å². The molecule has 1 amide bonds. The van der Waals surface area contributed by atoms with E-state index in [1.165, 1.54) is 6.07 Å². The number of carbonyl (C=O) groups excluding carboxylic acids is 1. The molecule has 1 rings (SSSR count). The minimum absolute atomic E-state index is 0.170. The molecule has 1 heterocycles. The molecule has 0 bridgehead atoms. The molecule has 0 saturated carbocycles. The van der Waals surface area contributed by atoms with Gasteiger partial charge in [0.25, 0.3) is 5.91 Å². The van der Waals surface area contributed by atoms with Crippen molar-refractivity contribution in [3.63, 3.8) is 0 Å². The Labute approximate surface area is 63.6 Å². The molecular weight excluding hydrogens is 144 g/mol. The van der Waals surface area contributed by atoms with Crippen molar-refractivity contribution in [2.75, 3.05) is 12.4 Å². The Balaban J connectivity index is 2.91. The normalized spacial score (nSPS) is 9.18. The second-order valence-electron chi connectivity index (χ2n) is 1.92. The Kier molecular flexibility index (Phi) is 2.00. The summed E-state index contributed by atoms with van der Waals surface area (Å²) in [7, 11) is 1.72. The second-order valence-corrected chi connectivity index (χ2v) is 1.92. The molecule has 0 unspecified atom stereocenters. The Morgan fingerprint density at radius 3 is 2.64 bits per heavy atom. The van der Waals surface area contributed by atoms with Crippen LogP contribution in [0.3, 0.4) is 0 Å². The Bertz CT molecular complexity index is 256. The van der Waals surface area contributed by atoms with E-state index in [1.54, 1.807) is 13.1 Å². The summed E-state index contributed by atoms with van der Waals surface area (Å²) in [5, 5.41) is 9.99. The third-order valence-electron chi connectivity index (χ3n) is 1.17. The predicted molar refractivity (Wildman–Crippen MR) is 40.1 cm³/mol. The predicted octanol–water partition coefficient (Wildman–Crippen LogP) is -0.383. The summed E-state index contributed by atoms with van der Waals surface area (Å²) in [5.74, 6) is 0.0372. The van der Waals surface area contributed by atoms with E-state index in [2.05, 4.69) is 15.5 Å². The fraction of sp³-hybridized carbons (Fsp3) is 0.167. The lowest BCUT2D eigenvalue weighted by molar-refractivity contribution is 0.0994. The van der Waals surface area contributed by atoms with E-state index in [0.29, 0.717) is 5.82 Å². The van der Waals surface area contributed by atoms with Gasteiger partial charge in [-0.3, -0.25) is 4.79 Å². The van der Waals surface area contributed by atoms with Gasteiger partial charge in [-0.05, 0) is 12.1 Å². The van der Waals surface area contributed by atoms with Crippen molar-refractivity contribution in [3.05, 3.63) is 17.8 Å². The van der Waals surface area contributed by atoms with Crippen LogP contribution in [0.1, 0.15) is 10.5 Å². The van der Waals surface area contributed by atoms with Crippen LogP contribution in [0.5, 0.6) is 0 Å². The monoisotopic (exact) mass is 152 g/mol. The molecule has 0 aromatic carbocycles. The van der Waals surface area contributed by atoms with E-state index in [9.17, 15) is 4.79 Å². The summed E-state index contributed by atoms with van der Waals surface area (Å²) in [4.78, 5) is 10.5. The number of anilines is 1. The lowest BCUT2D eigenvalue weighted by atomic mass is 10.4. The van der Waals surface area contributed by atoms with Gasteiger partial charge in [-0.2, -0.15) is 0 Å². The molecular formula is C6H8N4O. The van der Waals surface area contributed by atoms with Crippen molar-refractivity contribution in [1.29, 1.82) is 0 Å². The Hall–Kier alpha value is -1.65. The second kappa shape index (κ2) is 2.96. The number of nitrogens with one attached hydrogen (secondary N) is 1. The maximum Gasteiger partial charge on any atom is 0.269 e. The van der Waals surface area contributed by atoms with Crippen LogP contribution in [-0.2, 0) is 0 Å². The molecule has 0 saturated heterocycles. The van der Waals surface area contributed by atoms with Gasteiger partial charge in [0, 0.05) is 7.05 Å². The van der Waals surface area contributed by atoms with Gasteiger partial charge in [-0.25, -0.2) is 0 Å². The summed E-state index contributed by atoms with van der Waals surface area (Å²) < 4.78 is 0. The third kappa shape index (κ3) is 1.64. The van der Waals surface area contributed by atoms with E-state index in [1.807, 2.05) is 0 Å². The lowest BCUT2D eigenvalue weighted by Crippen LogP contribution is -2.13. The van der Waals surface area contributed by atoms with Crippen LogP contribution < -0.4 is 11.1 Å². The first-order chi connectivity index (χ1) is 5.24. The first-order valence-electron chi connectivity index (χ1n) is 3.05. The first kappa shape index (κ1) is 7.46. The highest BCUT2D eigenvalue weighted by molar-refractivity contribution is 5.90. The number of hydrogen-bond donors (Lipinski definition) is 2. The number of primary amides is 1. The van der Waals surface area contributed by atoms with Gasteiger partial charge in [0.15, 0.2) is 5.69 Å². The van der Waals surface area contributed by atoms with Crippen molar-refractivity contribution in [2.24, 2.45) is 5.73 Å². The van der Waals surface area contributed by atoms with E-state index >= 15 is 0 Å². The molecule has 0 aliphatic heterocycles. The van der Waals surface area contributed by atoms with Crippen molar-refractivity contribution >= 4 is 11.7 Å². The van der Waals surface area contributed by atoms with Crippen molar-refractivity contribution in [3.8, 4) is 0 Å². The number of hydrogen-bond acceptors (Lipinski definition) is 4. The third-order valence-corrected chi connectivity index (χ3v) is 1.17. The van der Waals surface area contributed by atoms with E-state index in [-0.39, 0.29) is 5.69 Å². The highest BCUT2D eigenvalue weighted by Gasteiger charge is 2.00. The van der Waals surface area contributed by atoms with Gasteiger partial charge in [0.05, 0.1) is 0 Å². The largest absolute Gasteiger partial charge is 0.372 e. The number of carbonyl (C=O) groups is 1. The molecule has 5 nitrogen and oxygen atoms in total. The molecule has 3 N–H and O–H groups in total. The molecule has 0 fully saturated rings. The maximum atomic E-state index is 10.5. The molecule has 1 aromatic heterocycles. The number of nitrogens with zero attached hydrogens (tertiary/aromatic N) is 2. The summed E-state index contributed by atoms with van der Waals surface area (Å²) >= 11 is 0. The minimum atomic E-state index is -0.569. The average molecular weight is 152 g/mol.